The van der Waals surface area contributed by atoms with E-state index < -0.39 is 11.3 Å². The van der Waals surface area contributed by atoms with E-state index in [4.69, 9.17) is 5.73 Å². The van der Waals surface area contributed by atoms with Gasteiger partial charge in [-0.1, -0.05) is 6.07 Å². The van der Waals surface area contributed by atoms with E-state index in [0.717, 1.165) is 5.56 Å². The second-order valence-electron chi connectivity index (χ2n) is 3.92. The molecule has 1 aliphatic carbocycles. The number of alkyl halides is 2. The van der Waals surface area contributed by atoms with Crippen LogP contribution in [0.4, 0.5) is 8.78 Å². The van der Waals surface area contributed by atoms with Crippen molar-refractivity contribution in [3.05, 3.63) is 29.6 Å². The lowest BCUT2D eigenvalue weighted by atomic mass is 9.96. The Labute approximate surface area is 81.1 Å². The number of pyridine rings is 1. The molecule has 0 aliphatic heterocycles. The van der Waals surface area contributed by atoms with Crippen molar-refractivity contribution in [3.63, 3.8) is 0 Å². The lowest BCUT2D eigenvalue weighted by molar-refractivity contribution is 0.0895. The van der Waals surface area contributed by atoms with E-state index >= 15 is 0 Å². The van der Waals surface area contributed by atoms with Crippen LogP contribution >= 0.6 is 0 Å². The molecule has 1 aromatic rings. The number of aryl methyl sites for hydroxylation is 1. The molecule has 0 amide bonds. The van der Waals surface area contributed by atoms with Crippen LogP contribution in [0.1, 0.15) is 17.5 Å². The molecule has 0 saturated heterocycles. The number of hydrogen-bond donors (Lipinski definition) is 1. The molecular weight excluding hydrogens is 186 g/mol. The lowest BCUT2D eigenvalue weighted by Gasteiger charge is -2.13. The zero-order valence-electron chi connectivity index (χ0n) is 7.93. The molecule has 1 heterocycles. The first-order chi connectivity index (χ1) is 6.52. The largest absolute Gasteiger partial charge is 0.329 e. The van der Waals surface area contributed by atoms with Gasteiger partial charge < -0.3 is 5.73 Å². The van der Waals surface area contributed by atoms with Crippen molar-refractivity contribution in [2.75, 3.05) is 6.54 Å². The van der Waals surface area contributed by atoms with Crippen molar-refractivity contribution in [2.45, 2.75) is 24.7 Å². The van der Waals surface area contributed by atoms with Crippen LogP contribution in [0.2, 0.25) is 0 Å². The highest BCUT2D eigenvalue weighted by Gasteiger charge is 2.71. The summed E-state index contributed by atoms with van der Waals surface area (Å²) in [5, 5.41) is 0. The van der Waals surface area contributed by atoms with Gasteiger partial charge in [0.2, 0.25) is 0 Å². The van der Waals surface area contributed by atoms with E-state index in [1.807, 2.05) is 6.92 Å². The molecule has 0 spiro atoms. The smallest absolute Gasteiger partial charge is 0.260 e. The van der Waals surface area contributed by atoms with Crippen LogP contribution in [0.3, 0.4) is 0 Å². The Bertz CT molecular complexity index is 365. The molecule has 1 unspecified atom stereocenters. The van der Waals surface area contributed by atoms with Crippen LogP contribution in [0.25, 0.3) is 0 Å². The molecular formula is C10H12F2N2. The number of nitrogens with zero attached hydrogens (tertiary/aromatic N) is 1. The van der Waals surface area contributed by atoms with Crippen molar-refractivity contribution < 1.29 is 8.78 Å². The van der Waals surface area contributed by atoms with Gasteiger partial charge in [0.15, 0.2) is 0 Å². The Kier molecular flexibility index (Phi) is 1.86. The van der Waals surface area contributed by atoms with E-state index in [1.165, 1.54) is 6.20 Å². The topological polar surface area (TPSA) is 38.9 Å². The molecule has 0 radical (unpaired) electrons. The quantitative estimate of drug-likeness (QED) is 0.784. The molecule has 1 atom stereocenters. The average molecular weight is 198 g/mol. The molecule has 14 heavy (non-hydrogen) atoms. The molecule has 1 aromatic heterocycles. The Morgan fingerprint density at radius 1 is 1.50 bits per heavy atom. The second-order valence-corrected chi connectivity index (χ2v) is 3.92. The van der Waals surface area contributed by atoms with Gasteiger partial charge >= 0.3 is 0 Å². The summed E-state index contributed by atoms with van der Waals surface area (Å²) in [4.78, 5) is 3.92. The predicted octanol–water partition coefficient (Wildman–Crippen LogP) is 1.63. The summed E-state index contributed by atoms with van der Waals surface area (Å²) in [5.74, 6) is -2.66. The zero-order valence-corrected chi connectivity index (χ0v) is 7.93. The third-order valence-electron chi connectivity index (χ3n) is 2.87. The number of hydrogen-bond acceptors (Lipinski definition) is 2. The number of aromatic nitrogens is 1. The Balaban J connectivity index is 2.40. The molecule has 2 N–H and O–H groups in total. The van der Waals surface area contributed by atoms with Crippen molar-refractivity contribution in [1.82, 2.24) is 4.98 Å². The van der Waals surface area contributed by atoms with Gasteiger partial charge in [-0.15, -0.1) is 0 Å². The molecule has 1 saturated carbocycles. The minimum absolute atomic E-state index is 0.0227. The Morgan fingerprint density at radius 2 is 2.14 bits per heavy atom. The molecule has 4 heteroatoms. The third-order valence-corrected chi connectivity index (χ3v) is 2.87. The first-order valence-electron chi connectivity index (χ1n) is 4.52. The van der Waals surface area contributed by atoms with Gasteiger partial charge in [0.25, 0.3) is 5.92 Å². The second kappa shape index (κ2) is 2.73. The van der Waals surface area contributed by atoms with Gasteiger partial charge in [-0.3, -0.25) is 4.98 Å². The minimum Gasteiger partial charge on any atom is -0.329 e. The highest BCUT2D eigenvalue weighted by atomic mass is 19.3. The molecule has 1 fully saturated rings. The van der Waals surface area contributed by atoms with E-state index in [0.29, 0.717) is 5.56 Å². The average Bonchev–Trinajstić information content (AvgIpc) is 2.70. The molecule has 2 nitrogen and oxygen atoms in total. The maximum Gasteiger partial charge on any atom is 0.260 e. The van der Waals surface area contributed by atoms with Gasteiger partial charge in [0.05, 0.1) is 5.41 Å². The van der Waals surface area contributed by atoms with Crippen molar-refractivity contribution in [3.8, 4) is 0 Å². The number of rotatable bonds is 2. The van der Waals surface area contributed by atoms with Crippen molar-refractivity contribution in [1.29, 1.82) is 0 Å². The van der Waals surface area contributed by atoms with Gasteiger partial charge in [-0.05, 0) is 18.1 Å². The fourth-order valence-electron chi connectivity index (χ4n) is 1.80. The highest BCUT2D eigenvalue weighted by Crippen LogP contribution is 2.60. The van der Waals surface area contributed by atoms with Gasteiger partial charge in [-0.2, -0.15) is 0 Å². The van der Waals surface area contributed by atoms with E-state index in [-0.39, 0.29) is 13.0 Å². The number of nitrogens with two attached hydrogens (primary N) is 1. The zero-order chi connectivity index (χ0) is 10.4. The first-order valence-corrected chi connectivity index (χ1v) is 4.52. The predicted molar refractivity (Wildman–Crippen MR) is 49.3 cm³/mol. The highest BCUT2D eigenvalue weighted by molar-refractivity contribution is 5.38. The summed E-state index contributed by atoms with van der Waals surface area (Å²) >= 11 is 0. The minimum atomic E-state index is -2.66. The lowest BCUT2D eigenvalue weighted by Crippen LogP contribution is -2.27. The van der Waals surface area contributed by atoms with Gasteiger partial charge in [0.1, 0.15) is 0 Å². The number of halogens is 2. The summed E-state index contributed by atoms with van der Waals surface area (Å²) in [7, 11) is 0. The Hall–Kier alpha value is -1.03. The van der Waals surface area contributed by atoms with Crippen LogP contribution < -0.4 is 5.73 Å². The summed E-state index contributed by atoms with van der Waals surface area (Å²) in [6, 6.07) is 1.74. The monoisotopic (exact) mass is 198 g/mol. The van der Waals surface area contributed by atoms with Crippen LogP contribution in [0, 0.1) is 6.92 Å². The van der Waals surface area contributed by atoms with Crippen LogP contribution in [0.5, 0.6) is 0 Å². The van der Waals surface area contributed by atoms with Crippen molar-refractivity contribution >= 4 is 0 Å². The maximum absolute atomic E-state index is 13.2. The fraction of sp³-hybridized carbons (Fsp3) is 0.500. The molecule has 2 rings (SSSR count). The summed E-state index contributed by atoms with van der Waals surface area (Å²) in [5.41, 5.74) is 5.72. The maximum atomic E-state index is 13.2. The van der Waals surface area contributed by atoms with Crippen LogP contribution in [0.15, 0.2) is 18.5 Å². The third kappa shape index (κ3) is 1.14. The van der Waals surface area contributed by atoms with E-state index in [9.17, 15) is 8.78 Å². The summed E-state index contributed by atoms with van der Waals surface area (Å²) in [6.45, 7) is 1.81. The van der Waals surface area contributed by atoms with Crippen LogP contribution in [-0.4, -0.2) is 17.5 Å². The summed E-state index contributed by atoms with van der Waals surface area (Å²) < 4.78 is 26.3. The molecule has 0 aromatic carbocycles. The molecule has 0 bridgehead atoms. The standard InChI is InChI=1S/C10H12F2N2/c1-7-2-8(4-14-3-7)9(6-13)5-10(9,11)12/h2-4H,5-6,13H2,1H3. The Morgan fingerprint density at radius 3 is 2.57 bits per heavy atom. The van der Waals surface area contributed by atoms with Gasteiger partial charge in [-0.25, -0.2) is 8.78 Å². The molecule has 76 valence electrons. The van der Waals surface area contributed by atoms with Crippen LogP contribution in [-0.2, 0) is 5.41 Å². The van der Waals surface area contributed by atoms with E-state index in [2.05, 4.69) is 4.98 Å². The fourth-order valence-corrected chi connectivity index (χ4v) is 1.80. The normalized spacial score (nSPS) is 28.9. The summed E-state index contributed by atoms with van der Waals surface area (Å²) in [6.07, 6.45) is 2.98. The van der Waals surface area contributed by atoms with E-state index in [1.54, 1.807) is 12.3 Å². The van der Waals surface area contributed by atoms with Crippen molar-refractivity contribution in [2.24, 2.45) is 5.73 Å². The molecule has 1 aliphatic rings. The van der Waals surface area contributed by atoms with Gasteiger partial charge in [0, 0.05) is 25.4 Å². The SMILES string of the molecule is Cc1cncc(C2(CN)CC2(F)F)c1. The first kappa shape index (κ1) is 9.52.